The minimum absolute atomic E-state index is 0.0156. The summed E-state index contributed by atoms with van der Waals surface area (Å²) in [5.74, 6) is 0.124. The first-order valence-electron chi connectivity index (χ1n) is 6.99. The Morgan fingerprint density at radius 1 is 1.12 bits per heavy atom. The van der Waals surface area contributed by atoms with E-state index in [0.29, 0.717) is 11.3 Å². The van der Waals surface area contributed by atoms with Gasteiger partial charge in [0, 0.05) is 22.2 Å². The molecule has 0 amide bonds. The van der Waals surface area contributed by atoms with Gasteiger partial charge in [-0.25, -0.2) is 0 Å². The summed E-state index contributed by atoms with van der Waals surface area (Å²) >= 11 is 3.42. The fourth-order valence-electron chi connectivity index (χ4n) is 2.28. The highest BCUT2D eigenvalue weighted by atomic mass is 79.9. The molecule has 3 rings (SSSR count). The Bertz CT molecular complexity index is 940. The average molecular weight is 386 g/mol. The van der Waals surface area contributed by atoms with Crippen LogP contribution in [0.3, 0.4) is 0 Å². The molecular weight excluding hydrogens is 374 g/mol. The van der Waals surface area contributed by atoms with Crippen LogP contribution in [0.15, 0.2) is 64.2 Å². The van der Waals surface area contributed by atoms with E-state index in [2.05, 4.69) is 26.5 Å². The van der Waals surface area contributed by atoms with Gasteiger partial charge in [-0.2, -0.15) is 5.10 Å². The second-order valence-electron chi connectivity index (χ2n) is 5.04. The maximum atomic E-state index is 10.6. The topological polar surface area (TPSA) is 87.8 Å². The van der Waals surface area contributed by atoms with E-state index in [-0.39, 0.29) is 11.4 Å². The summed E-state index contributed by atoms with van der Waals surface area (Å²) in [6.07, 6.45) is 1.52. The van der Waals surface area contributed by atoms with Crippen LogP contribution in [0, 0.1) is 10.1 Å². The van der Waals surface area contributed by atoms with Gasteiger partial charge in [-0.3, -0.25) is 15.5 Å². The van der Waals surface area contributed by atoms with E-state index in [4.69, 9.17) is 0 Å². The van der Waals surface area contributed by atoms with Gasteiger partial charge in [-0.1, -0.05) is 28.1 Å². The van der Waals surface area contributed by atoms with Crippen LogP contribution < -0.4 is 5.43 Å². The van der Waals surface area contributed by atoms with Gasteiger partial charge in [-0.05, 0) is 41.1 Å². The Hall–Kier alpha value is -2.93. The molecule has 24 heavy (non-hydrogen) atoms. The molecule has 0 heterocycles. The number of anilines is 1. The zero-order chi connectivity index (χ0) is 17.1. The van der Waals surface area contributed by atoms with Gasteiger partial charge < -0.3 is 5.11 Å². The predicted molar refractivity (Wildman–Crippen MR) is 97.6 cm³/mol. The SMILES string of the molecule is O=[N+]([O-])c1ccc(N/N=C/c2c(O)ccc3cc(Br)ccc23)cc1. The van der Waals surface area contributed by atoms with E-state index in [1.54, 1.807) is 18.2 Å². The number of hydrazone groups is 1. The molecule has 0 fully saturated rings. The molecule has 0 spiro atoms. The van der Waals surface area contributed by atoms with E-state index in [1.165, 1.54) is 18.3 Å². The van der Waals surface area contributed by atoms with Crippen molar-refractivity contribution in [2.45, 2.75) is 0 Å². The average Bonchev–Trinajstić information content (AvgIpc) is 2.57. The molecule has 0 atom stereocenters. The highest BCUT2D eigenvalue weighted by Gasteiger charge is 2.06. The van der Waals surface area contributed by atoms with Crippen molar-refractivity contribution in [3.8, 4) is 5.75 Å². The number of halogens is 1. The number of hydrogen-bond donors (Lipinski definition) is 2. The van der Waals surface area contributed by atoms with E-state index in [0.717, 1.165) is 15.2 Å². The van der Waals surface area contributed by atoms with Gasteiger partial charge in [0.1, 0.15) is 5.75 Å². The van der Waals surface area contributed by atoms with Crippen LogP contribution in [-0.2, 0) is 0 Å². The number of phenols is 1. The monoisotopic (exact) mass is 385 g/mol. The first kappa shape index (κ1) is 15.9. The molecule has 0 saturated carbocycles. The maximum absolute atomic E-state index is 10.6. The largest absolute Gasteiger partial charge is 0.507 e. The lowest BCUT2D eigenvalue weighted by atomic mass is 10.0. The van der Waals surface area contributed by atoms with Crippen LogP contribution in [-0.4, -0.2) is 16.2 Å². The molecule has 0 aliphatic heterocycles. The van der Waals surface area contributed by atoms with Crippen LogP contribution in [0.25, 0.3) is 10.8 Å². The number of nitro groups is 1. The maximum Gasteiger partial charge on any atom is 0.269 e. The Kier molecular flexibility index (Phi) is 4.43. The summed E-state index contributed by atoms with van der Waals surface area (Å²) in [4.78, 5) is 10.2. The van der Waals surface area contributed by atoms with Crippen LogP contribution in [0.1, 0.15) is 5.56 Å². The summed E-state index contributed by atoms with van der Waals surface area (Å²) in [6.45, 7) is 0. The lowest BCUT2D eigenvalue weighted by Gasteiger charge is -2.06. The van der Waals surface area contributed by atoms with Gasteiger partial charge >= 0.3 is 0 Å². The van der Waals surface area contributed by atoms with Crippen LogP contribution >= 0.6 is 15.9 Å². The number of phenolic OH excluding ortho intramolecular Hbond substituents is 1. The zero-order valence-electron chi connectivity index (χ0n) is 12.3. The molecule has 0 saturated heterocycles. The molecule has 0 aliphatic carbocycles. The summed E-state index contributed by atoms with van der Waals surface area (Å²) in [5.41, 5.74) is 4.01. The van der Waals surface area contributed by atoms with Gasteiger partial charge in [0.2, 0.25) is 0 Å². The smallest absolute Gasteiger partial charge is 0.269 e. The molecule has 0 aromatic heterocycles. The van der Waals surface area contributed by atoms with Crippen molar-refractivity contribution < 1.29 is 10.0 Å². The number of nitrogens with one attached hydrogen (secondary N) is 1. The van der Waals surface area contributed by atoms with Gasteiger partial charge in [0.05, 0.1) is 16.8 Å². The second-order valence-corrected chi connectivity index (χ2v) is 5.95. The number of nitro benzene ring substituents is 1. The molecule has 0 radical (unpaired) electrons. The molecule has 6 nitrogen and oxygen atoms in total. The zero-order valence-corrected chi connectivity index (χ0v) is 13.9. The molecule has 3 aromatic rings. The molecule has 0 aliphatic rings. The van der Waals surface area contributed by atoms with Gasteiger partial charge in [-0.15, -0.1) is 0 Å². The van der Waals surface area contributed by atoms with Crippen LogP contribution in [0.4, 0.5) is 11.4 Å². The third kappa shape index (κ3) is 3.36. The van der Waals surface area contributed by atoms with Crippen molar-refractivity contribution in [2.75, 3.05) is 5.43 Å². The van der Waals surface area contributed by atoms with E-state index in [9.17, 15) is 15.2 Å². The normalized spacial score (nSPS) is 11.0. The molecule has 0 bridgehead atoms. The van der Waals surface area contributed by atoms with Crippen molar-refractivity contribution in [3.05, 3.63) is 74.7 Å². The van der Waals surface area contributed by atoms with Crippen molar-refractivity contribution in [1.82, 2.24) is 0 Å². The Balaban J connectivity index is 1.85. The lowest BCUT2D eigenvalue weighted by Crippen LogP contribution is -1.93. The highest BCUT2D eigenvalue weighted by molar-refractivity contribution is 9.10. The van der Waals surface area contributed by atoms with Gasteiger partial charge in [0.25, 0.3) is 5.69 Å². The number of fused-ring (bicyclic) bond motifs is 1. The number of rotatable bonds is 4. The van der Waals surface area contributed by atoms with Gasteiger partial charge in [0.15, 0.2) is 0 Å². The predicted octanol–water partition coefficient (Wildman–Crippen LogP) is 4.66. The molecule has 3 aromatic carbocycles. The standard InChI is InChI=1S/C17H12BrN3O3/c18-12-2-7-15-11(9-12)1-8-17(22)16(15)10-19-20-13-3-5-14(6-4-13)21(23)24/h1-10,20,22H/b19-10+. The fraction of sp³-hybridized carbons (Fsp3) is 0. The molecule has 0 unspecified atom stereocenters. The third-order valence-corrected chi connectivity index (χ3v) is 3.96. The summed E-state index contributed by atoms with van der Waals surface area (Å²) in [7, 11) is 0. The second kappa shape index (κ2) is 6.67. The number of nitrogens with zero attached hydrogens (tertiary/aromatic N) is 2. The first-order chi connectivity index (χ1) is 11.5. The quantitative estimate of drug-likeness (QED) is 0.388. The Morgan fingerprint density at radius 2 is 1.88 bits per heavy atom. The lowest BCUT2D eigenvalue weighted by molar-refractivity contribution is -0.384. The van der Waals surface area contributed by atoms with E-state index < -0.39 is 4.92 Å². The third-order valence-electron chi connectivity index (χ3n) is 3.47. The number of non-ortho nitro benzene ring substituents is 1. The number of hydrogen-bond acceptors (Lipinski definition) is 5. The number of aromatic hydroxyl groups is 1. The molecule has 120 valence electrons. The Labute approximate surface area is 145 Å². The fourth-order valence-corrected chi connectivity index (χ4v) is 2.66. The van der Waals surface area contributed by atoms with Crippen LogP contribution in [0.5, 0.6) is 5.75 Å². The van der Waals surface area contributed by atoms with Crippen molar-refractivity contribution in [2.24, 2.45) is 5.10 Å². The minimum Gasteiger partial charge on any atom is -0.507 e. The van der Waals surface area contributed by atoms with E-state index in [1.807, 2.05) is 24.3 Å². The number of benzene rings is 3. The van der Waals surface area contributed by atoms with Crippen molar-refractivity contribution in [1.29, 1.82) is 0 Å². The van der Waals surface area contributed by atoms with E-state index >= 15 is 0 Å². The summed E-state index contributed by atoms with van der Waals surface area (Å²) in [5, 5.41) is 26.6. The molecule has 7 heteroatoms. The van der Waals surface area contributed by atoms with Crippen molar-refractivity contribution in [3.63, 3.8) is 0 Å². The minimum atomic E-state index is -0.459. The highest BCUT2D eigenvalue weighted by Crippen LogP contribution is 2.28. The molecule has 2 N–H and O–H groups in total. The van der Waals surface area contributed by atoms with Crippen LogP contribution in [0.2, 0.25) is 0 Å². The Morgan fingerprint density at radius 3 is 2.58 bits per heavy atom. The summed E-state index contributed by atoms with van der Waals surface area (Å²) < 4.78 is 0.951. The first-order valence-corrected chi connectivity index (χ1v) is 7.78. The van der Waals surface area contributed by atoms with Crippen molar-refractivity contribution >= 4 is 44.3 Å². The summed E-state index contributed by atoms with van der Waals surface area (Å²) in [6, 6.07) is 15.1. The molecular formula is C17H12BrN3O3.